The van der Waals surface area contributed by atoms with Gasteiger partial charge in [-0.15, -0.1) is 5.10 Å². The van der Waals surface area contributed by atoms with Crippen LogP contribution >= 0.6 is 23.6 Å². The third kappa shape index (κ3) is 3.04. The van der Waals surface area contributed by atoms with Gasteiger partial charge < -0.3 is 4.90 Å². The number of anilines is 3. The summed E-state index contributed by atoms with van der Waals surface area (Å²) in [4.78, 5) is 27.6. The highest BCUT2D eigenvalue weighted by Crippen LogP contribution is 2.35. The molecule has 0 spiro atoms. The highest BCUT2D eigenvalue weighted by atomic mass is 32.1. The van der Waals surface area contributed by atoms with E-state index in [0.29, 0.717) is 14.6 Å². The lowest BCUT2D eigenvalue weighted by Crippen LogP contribution is -2.42. The zero-order valence-corrected chi connectivity index (χ0v) is 15.1. The van der Waals surface area contributed by atoms with Crippen molar-refractivity contribution in [2.45, 2.75) is 0 Å². The van der Waals surface area contributed by atoms with Crippen LogP contribution in [0.5, 0.6) is 0 Å². The molecule has 1 amide bonds. The van der Waals surface area contributed by atoms with Crippen molar-refractivity contribution in [1.29, 1.82) is 0 Å². The first-order valence-corrected chi connectivity index (χ1v) is 9.18. The average Bonchev–Trinajstić information content (AvgIpc) is 3.07. The monoisotopic (exact) mass is 382 g/mol. The van der Waals surface area contributed by atoms with Gasteiger partial charge in [0.25, 0.3) is 0 Å². The molecule has 0 bridgehead atoms. The molecule has 0 aliphatic carbocycles. The lowest BCUT2D eigenvalue weighted by Gasteiger charge is -2.34. The Morgan fingerprint density at radius 3 is 2.65 bits per heavy atom. The number of nitrogens with zero attached hydrogens (tertiary/aromatic N) is 2. The third-order valence-corrected chi connectivity index (χ3v) is 5.20. The second-order valence-corrected chi connectivity index (χ2v) is 7.45. The zero-order valence-electron chi connectivity index (χ0n) is 13.5. The van der Waals surface area contributed by atoms with Crippen LogP contribution in [0.1, 0.15) is 10.4 Å². The minimum absolute atomic E-state index is 0.190. The van der Waals surface area contributed by atoms with Gasteiger partial charge in [-0.05, 0) is 36.5 Å². The van der Waals surface area contributed by atoms with Gasteiger partial charge in [-0.1, -0.05) is 41.7 Å². The number of benzene rings is 2. The molecule has 3 aromatic rings. The number of nitrogens with one attached hydrogen (secondary N) is 2. The van der Waals surface area contributed by atoms with E-state index in [1.807, 2.05) is 47.4 Å². The summed E-state index contributed by atoms with van der Waals surface area (Å²) in [6.07, 6.45) is 0. The first-order valence-electron chi connectivity index (χ1n) is 7.95. The number of aromatic nitrogens is 2. The van der Waals surface area contributed by atoms with Crippen LogP contribution < -0.4 is 10.2 Å². The molecule has 1 aliphatic rings. The van der Waals surface area contributed by atoms with E-state index in [-0.39, 0.29) is 18.2 Å². The second kappa shape index (κ2) is 6.81. The lowest BCUT2D eigenvalue weighted by atomic mass is 9.90. The highest BCUT2D eigenvalue weighted by Gasteiger charge is 2.37. The van der Waals surface area contributed by atoms with Gasteiger partial charge in [0.15, 0.2) is 9.74 Å². The van der Waals surface area contributed by atoms with Gasteiger partial charge in [-0.25, -0.2) is 0 Å². The molecule has 0 saturated heterocycles. The number of aromatic amines is 1. The standard InChI is InChI=1S/C18H14N4O2S2/c23-15-12-8-4-5-9-14(12)22(11-6-2-1-3-7-11)10-13(15)16(24)19-17-20-21-18(25)26-17/h1-9,13H,10H2,(H,21,25)(H,19,20,24). The molecule has 1 atom stereocenters. The van der Waals surface area contributed by atoms with Crippen molar-refractivity contribution < 1.29 is 9.59 Å². The molecule has 0 saturated carbocycles. The Kier molecular flexibility index (Phi) is 4.36. The number of Topliss-reactive ketones (excluding diaryl/α,β-unsaturated/α-hetero) is 1. The van der Waals surface area contributed by atoms with Crippen molar-refractivity contribution in [1.82, 2.24) is 10.2 Å². The fourth-order valence-corrected chi connectivity index (χ4v) is 3.79. The summed E-state index contributed by atoms with van der Waals surface area (Å²) >= 11 is 6.13. The molecule has 0 radical (unpaired) electrons. The lowest BCUT2D eigenvalue weighted by molar-refractivity contribution is -0.118. The highest BCUT2D eigenvalue weighted by molar-refractivity contribution is 7.73. The summed E-state index contributed by atoms with van der Waals surface area (Å²) in [5.74, 6) is -1.41. The summed E-state index contributed by atoms with van der Waals surface area (Å²) in [6.45, 7) is 0.265. The molecule has 2 heterocycles. The Morgan fingerprint density at radius 2 is 1.92 bits per heavy atom. The molecular weight excluding hydrogens is 368 g/mol. The van der Waals surface area contributed by atoms with Crippen molar-refractivity contribution in [2.75, 3.05) is 16.8 Å². The van der Waals surface area contributed by atoms with E-state index in [0.717, 1.165) is 22.7 Å². The molecule has 130 valence electrons. The van der Waals surface area contributed by atoms with Crippen LogP contribution in [0.3, 0.4) is 0 Å². The van der Waals surface area contributed by atoms with Crippen LogP contribution in [0.2, 0.25) is 0 Å². The SMILES string of the molecule is O=C(Nc1n[nH]c(=S)s1)C1CN(c2ccccc2)c2ccccc2C1=O. The predicted molar refractivity (Wildman–Crippen MR) is 104 cm³/mol. The van der Waals surface area contributed by atoms with E-state index in [1.165, 1.54) is 0 Å². The van der Waals surface area contributed by atoms with Crippen LogP contribution in [0, 0.1) is 9.87 Å². The fourth-order valence-electron chi connectivity index (χ4n) is 3.00. The van der Waals surface area contributed by atoms with E-state index in [9.17, 15) is 9.59 Å². The van der Waals surface area contributed by atoms with Crippen molar-refractivity contribution in [3.05, 3.63) is 64.1 Å². The number of fused-ring (bicyclic) bond motifs is 1. The molecule has 8 heteroatoms. The Morgan fingerprint density at radius 1 is 1.19 bits per heavy atom. The van der Waals surface area contributed by atoms with Crippen molar-refractivity contribution in [2.24, 2.45) is 5.92 Å². The average molecular weight is 382 g/mol. The van der Waals surface area contributed by atoms with E-state index in [2.05, 4.69) is 15.5 Å². The maximum Gasteiger partial charge on any atom is 0.238 e. The number of hydrogen-bond donors (Lipinski definition) is 2. The number of H-pyrrole nitrogens is 1. The van der Waals surface area contributed by atoms with E-state index in [1.54, 1.807) is 12.1 Å². The summed E-state index contributed by atoms with van der Waals surface area (Å²) in [5.41, 5.74) is 2.28. The van der Waals surface area contributed by atoms with Crippen LogP contribution in [-0.4, -0.2) is 28.4 Å². The fraction of sp³-hybridized carbons (Fsp3) is 0.111. The normalized spacial score (nSPS) is 16.2. The maximum absolute atomic E-state index is 12.9. The second-order valence-electron chi connectivity index (χ2n) is 5.79. The zero-order chi connectivity index (χ0) is 18.1. The molecule has 2 N–H and O–H groups in total. The van der Waals surface area contributed by atoms with Gasteiger partial charge in [0.2, 0.25) is 11.0 Å². The van der Waals surface area contributed by atoms with Crippen LogP contribution in [0.25, 0.3) is 0 Å². The molecule has 26 heavy (non-hydrogen) atoms. The number of para-hydroxylation sites is 2. The molecule has 0 fully saturated rings. The van der Waals surface area contributed by atoms with Gasteiger partial charge in [-0.2, -0.15) is 0 Å². The van der Waals surface area contributed by atoms with Gasteiger partial charge in [0, 0.05) is 17.8 Å². The Hall–Kier alpha value is -2.84. The summed E-state index contributed by atoms with van der Waals surface area (Å²) in [6, 6.07) is 17.1. The van der Waals surface area contributed by atoms with Crippen LogP contribution in [0.4, 0.5) is 16.5 Å². The Bertz CT molecular complexity index is 1030. The quantitative estimate of drug-likeness (QED) is 0.532. The number of carbonyl (C=O) groups excluding carboxylic acids is 2. The topological polar surface area (TPSA) is 78.1 Å². The van der Waals surface area contributed by atoms with Crippen LogP contribution in [0.15, 0.2) is 54.6 Å². The van der Waals surface area contributed by atoms with E-state index >= 15 is 0 Å². The molecule has 1 unspecified atom stereocenters. The number of carbonyl (C=O) groups is 2. The number of rotatable bonds is 3. The minimum Gasteiger partial charge on any atom is -0.340 e. The molecular formula is C18H14N4O2S2. The molecule has 1 aromatic heterocycles. The first-order chi connectivity index (χ1) is 12.6. The Balaban J connectivity index is 1.70. The first kappa shape index (κ1) is 16.6. The van der Waals surface area contributed by atoms with Gasteiger partial charge in [0.1, 0.15) is 5.92 Å². The summed E-state index contributed by atoms with van der Waals surface area (Å²) in [7, 11) is 0. The predicted octanol–water partition coefficient (Wildman–Crippen LogP) is 3.79. The number of amides is 1. The molecule has 6 nitrogen and oxygen atoms in total. The van der Waals surface area contributed by atoms with Crippen LogP contribution in [-0.2, 0) is 4.79 Å². The maximum atomic E-state index is 12.9. The van der Waals surface area contributed by atoms with E-state index < -0.39 is 5.92 Å². The Labute approximate surface area is 158 Å². The molecule has 4 rings (SSSR count). The van der Waals surface area contributed by atoms with Gasteiger partial charge >= 0.3 is 0 Å². The van der Waals surface area contributed by atoms with Gasteiger partial charge in [-0.3, -0.25) is 20.0 Å². The van der Waals surface area contributed by atoms with Gasteiger partial charge in [0.05, 0.1) is 5.69 Å². The third-order valence-electron chi connectivity index (χ3n) is 4.19. The van der Waals surface area contributed by atoms with Crippen molar-refractivity contribution in [3.8, 4) is 0 Å². The largest absolute Gasteiger partial charge is 0.340 e. The minimum atomic E-state index is -0.831. The number of ketones is 1. The van der Waals surface area contributed by atoms with E-state index in [4.69, 9.17) is 12.2 Å². The van der Waals surface area contributed by atoms with Crippen molar-refractivity contribution >= 4 is 51.8 Å². The molecule has 1 aliphatic heterocycles. The molecule has 2 aromatic carbocycles. The van der Waals surface area contributed by atoms with Crippen molar-refractivity contribution in [3.63, 3.8) is 0 Å². The summed E-state index contributed by atoms with van der Waals surface area (Å²) in [5, 5.41) is 9.59. The smallest absolute Gasteiger partial charge is 0.238 e. The summed E-state index contributed by atoms with van der Waals surface area (Å²) < 4.78 is 0.464. The number of hydrogen-bond acceptors (Lipinski definition) is 6.